The van der Waals surface area contributed by atoms with Crippen LogP contribution in [-0.4, -0.2) is 29.4 Å². The van der Waals surface area contributed by atoms with Crippen LogP contribution in [0, 0.1) is 13.8 Å². The van der Waals surface area contributed by atoms with E-state index < -0.39 is 0 Å². The molecule has 0 spiro atoms. The first-order chi connectivity index (χ1) is 12.2. The summed E-state index contributed by atoms with van der Waals surface area (Å²) in [5, 5.41) is 16.2. The molecule has 5 rings (SSSR count). The topological polar surface area (TPSA) is 60.9 Å². The molecule has 4 heterocycles. The Labute approximate surface area is 147 Å². The minimum atomic E-state index is 0.768. The van der Waals surface area contributed by atoms with Crippen LogP contribution in [0.5, 0.6) is 0 Å². The fourth-order valence-electron chi connectivity index (χ4n) is 3.11. The third-order valence-electron chi connectivity index (χ3n) is 4.30. The molecule has 7 heteroatoms. The third-order valence-corrected chi connectivity index (χ3v) is 5.16. The molecule has 0 radical (unpaired) electrons. The number of nitrogens with zero attached hydrogens (tertiary/aromatic N) is 6. The maximum atomic E-state index is 4.64. The van der Waals surface area contributed by atoms with E-state index in [0.717, 1.165) is 38.6 Å². The Morgan fingerprint density at radius 1 is 1.04 bits per heavy atom. The molecule has 6 nitrogen and oxygen atoms in total. The Kier molecular flexibility index (Phi) is 2.98. The van der Waals surface area contributed by atoms with Gasteiger partial charge in [-0.1, -0.05) is 23.8 Å². The minimum absolute atomic E-state index is 0.768. The quantitative estimate of drug-likeness (QED) is 0.488. The maximum absolute atomic E-state index is 4.64. The SMILES string of the molecule is Cc1ccc(-n2ncc3c2ncn2c(-c4cccs4)nnc32)c(C)c1. The van der Waals surface area contributed by atoms with Crippen molar-refractivity contribution >= 4 is 28.0 Å². The summed E-state index contributed by atoms with van der Waals surface area (Å²) in [6.45, 7) is 4.17. The summed E-state index contributed by atoms with van der Waals surface area (Å²) in [7, 11) is 0. The highest BCUT2D eigenvalue weighted by molar-refractivity contribution is 7.13. The van der Waals surface area contributed by atoms with E-state index in [1.807, 2.05) is 32.8 Å². The molecule has 0 bridgehead atoms. The molecular weight excluding hydrogens is 332 g/mol. The summed E-state index contributed by atoms with van der Waals surface area (Å²) in [5.41, 5.74) is 4.96. The summed E-state index contributed by atoms with van der Waals surface area (Å²) in [5.74, 6) is 0.804. The highest BCUT2D eigenvalue weighted by atomic mass is 32.1. The fraction of sp³-hybridized carbons (Fsp3) is 0.111. The van der Waals surface area contributed by atoms with E-state index in [2.05, 4.69) is 52.3 Å². The van der Waals surface area contributed by atoms with Gasteiger partial charge in [0.25, 0.3) is 0 Å². The average Bonchev–Trinajstić information content (AvgIpc) is 3.33. The van der Waals surface area contributed by atoms with Crippen LogP contribution in [0.3, 0.4) is 0 Å². The molecule has 0 fully saturated rings. The number of hydrogen-bond acceptors (Lipinski definition) is 5. The van der Waals surface area contributed by atoms with Crippen molar-refractivity contribution in [3.8, 4) is 16.4 Å². The summed E-state index contributed by atoms with van der Waals surface area (Å²) in [6.07, 6.45) is 3.58. The number of benzene rings is 1. The molecule has 0 aliphatic carbocycles. The van der Waals surface area contributed by atoms with E-state index in [4.69, 9.17) is 0 Å². The van der Waals surface area contributed by atoms with Gasteiger partial charge in [0.15, 0.2) is 17.1 Å². The second-order valence-electron chi connectivity index (χ2n) is 6.02. The Bertz CT molecular complexity index is 1220. The normalized spacial score (nSPS) is 11.6. The first-order valence-corrected chi connectivity index (χ1v) is 8.79. The predicted octanol–water partition coefficient (Wildman–Crippen LogP) is 3.81. The molecule has 0 aliphatic heterocycles. The van der Waals surface area contributed by atoms with Crippen LogP contribution in [0.15, 0.2) is 48.2 Å². The zero-order chi connectivity index (χ0) is 17.0. The van der Waals surface area contributed by atoms with Gasteiger partial charge < -0.3 is 0 Å². The summed E-state index contributed by atoms with van der Waals surface area (Å²) in [6, 6.07) is 10.3. The molecule has 4 aromatic heterocycles. The zero-order valence-electron chi connectivity index (χ0n) is 13.7. The lowest BCUT2D eigenvalue weighted by atomic mass is 10.1. The van der Waals surface area contributed by atoms with Crippen molar-refractivity contribution in [3.63, 3.8) is 0 Å². The van der Waals surface area contributed by atoms with Crippen molar-refractivity contribution in [2.75, 3.05) is 0 Å². The Hall–Kier alpha value is -3.06. The van der Waals surface area contributed by atoms with Crippen molar-refractivity contribution in [2.45, 2.75) is 13.8 Å². The molecule has 1 aromatic carbocycles. The lowest BCUT2D eigenvalue weighted by molar-refractivity contribution is 0.885. The molecule has 122 valence electrons. The molecule has 0 saturated heterocycles. The van der Waals surface area contributed by atoms with Crippen molar-refractivity contribution in [3.05, 3.63) is 59.4 Å². The average molecular weight is 346 g/mol. The fourth-order valence-corrected chi connectivity index (χ4v) is 3.82. The highest BCUT2D eigenvalue weighted by Gasteiger charge is 2.16. The Balaban J connectivity index is 1.75. The molecule has 0 amide bonds. The lowest BCUT2D eigenvalue weighted by Crippen LogP contribution is -2.01. The summed E-state index contributed by atoms with van der Waals surface area (Å²) >= 11 is 1.63. The molecule has 0 N–H and O–H groups in total. The predicted molar refractivity (Wildman–Crippen MR) is 98.2 cm³/mol. The van der Waals surface area contributed by atoms with Crippen molar-refractivity contribution in [2.24, 2.45) is 0 Å². The zero-order valence-corrected chi connectivity index (χ0v) is 14.5. The van der Waals surface area contributed by atoms with Crippen LogP contribution in [0.2, 0.25) is 0 Å². The minimum Gasteiger partial charge on any atom is -0.264 e. The molecule has 5 aromatic rings. The molecule has 0 aliphatic rings. The van der Waals surface area contributed by atoms with Gasteiger partial charge >= 0.3 is 0 Å². The molecule has 25 heavy (non-hydrogen) atoms. The van der Waals surface area contributed by atoms with Crippen LogP contribution >= 0.6 is 11.3 Å². The van der Waals surface area contributed by atoms with Gasteiger partial charge in [0.2, 0.25) is 0 Å². The van der Waals surface area contributed by atoms with Crippen LogP contribution < -0.4 is 0 Å². The van der Waals surface area contributed by atoms with E-state index in [1.165, 1.54) is 5.56 Å². The number of aryl methyl sites for hydroxylation is 2. The second-order valence-corrected chi connectivity index (χ2v) is 6.97. The van der Waals surface area contributed by atoms with Crippen LogP contribution in [-0.2, 0) is 0 Å². The maximum Gasteiger partial charge on any atom is 0.179 e. The van der Waals surface area contributed by atoms with Gasteiger partial charge in [0, 0.05) is 0 Å². The standard InChI is InChI=1S/C18H14N6S/c1-11-5-6-14(12(2)8-11)24-16-13(9-20-24)17-21-22-18(23(17)10-19-16)15-4-3-7-25-15/h3-10H,1-2H3. The van der Waals surface area contributed by atoms with E-state index in [-0.39, 0.29) is 0 Å². The molecule has 0 unspecified atom stereocenters. The van der Waals surface area contributed by atoms with Crippen LogP contribution in [0.4, 0.5) is 0 Å². The van der Waals surface area contributed by atoms with Gasteiger partial charge in [0.05, 0.1) is 22.1 Å². The summed E-state index contributed by atoms with van der Waals surface area (Å²) in [4.78, 5) is 5.71. The molecule has 0 atom stereocenters. The number of thiophene rings is 1. The van der Waals surface area contributed by atoms with Crippen LogP contribution in [0.1, 0.15) is 11.1 Å². The Morgan fingerprint density at radius 3 is 2.76 bits per heavy atom. The van der Waals surface area contributed by atoms with E-state index in [9.17, 15) is 0 Å². The van der Waals surface area contributed by atoms with E-state index in [1.54, 1.807) is 17.7 Å². The van der Waals surface area contributed by atoms with Gasteiger partial charge in [-0.2, -0.15) is 5.10 Å². The number of rotatable bonds is 2. The monoisotopic (exact) mass is 346 g/mol. The number of hydrogen-bond donors (Lipinski definition) is 0. The van der Waals surface area contributed by atoms with Crippen molar-refractivity contribution in [1.29, 1.82) is 0 Å². The Morgan fingerprint density at radius 2 is 1.96 bits per heavy atom. The van der Waals surface area contributed by atoms with Gasteiger partial charge in [0.1, 0.15) is 6.33 Å². The van der Waals surface area contributed by atoms with Gasteiger partial charge in [-0.15, -0.1) is 21.5 Å². The van der Waals surface area contributed by atoms with Gasteiger partial charge in [-0.25, -0.2) is 9.67 Å². The lowest BCUT2D eigenvalue weighted by Gasteiger charge is -2.07. The number of fused-ring (bicyclic) bond motifs is 3. The van der Waals surface area contributed by atoms with Gasteiger partial charge in [-0.05, 0) is 36.9 Å². The number of aromatic nitrogens is 6. The molecular formula is C18H14N6S. The largest absolute Gasteiger partial charge is 0.264 e. The second kappa shape index (κ2) is 5.22. The third kappa shape index (κ3) is 2.09. The smallest absolute Gasteiger partial charge is 0.179 e. The van der Waals surface area contributed by atoms with E-state index >= 15 is 0 Å². The molecule has 0 saturated carbocycles. The summed E-state index contributed by atoms with van der Waals surface area (Å²) < 4.78 is 3.78. The van der Waals surface area contributed by atoms with Crippen molar-refractivity contribution < 1.29 is 0 Å². The first kappa shape index (κ1) is 14.3. The van der Waals surface area contributed by atoms with E-state index in [0.29, 0.717) is 0 Å². The van der Waals surface area contributed by atoms with Crippen LogP contribution in [0.25, 0.3) is 33.1 Å². The van der Waals surface area contributed by atoms with Crippen molar-refractivity contribution in [1.82, 2.24) is 29.4 Å². The van der Waals surface area contributed by atoms with Gasteiger partial charge in [-0.3, -0.25) is 4.40 Å². The highest BCUT2D eigenvalue weighted by Crippen LogP contribution is 2.27. The first-order valence-electron chi connectivity index (χ1n) is 7.91.